The Bertz CT molecular complexity index is 859. The summed E-state index contributed by atoms with van der Waals surface area (Å²) in [4.78, 5) is 29.2. The number of benzene rings is 2. The van der Waals surface area contributed by atoms with Crippen LogP contribution in [0.15, 0.2) is 53.4 Å². The van der Waals surface area contributed by atoms with Crippen LogP contribution in [0.2, 0.25) is 0 Å². The van der Waals surface area contributed by atoms with E-state index >= 15 is 0 Å². The standard InChI is InChI=1S/C20H23N3O3S/c1-15-4-3-5-17(14-15)21-20(25)23-12-10-22(11-13-23)19(24)16-6-8-18(9-7-16)27(2)26/h3-9,14H,10-13H2,1-2H3,(H,21,25). The highest BCUT2D eigenvalue weighted by Crippen LogP contribution is 2.14. The minimum Gasteiger partial charge on any atom is -0.335 e. The van der Waals surface area contributed by atoms with Gasteiger partial charge in [0.15, 0.2) is 0 Å². The van der Waals surface area contributed by atoms with E-state index in [0.29, 0.717) is 36.6 Å². The molecule has 0 bridgehead atoms. The predicted octanol–water partition coefficient (Wildman–Crippen LogP) is 2.72. The average Bonchev–Trinajstić information content (AvgIpc) is 2.67. The van der Waals surface area contributed by atoms with Crippen molar-refractivity contribution >= 4 is 28.4 Å². The molecule has 0 aliphatic carbocycles. The fraction of sp³-hybridized carbons (Fsp3) is 0.300. The molecule has 6 nitrogen and oxygen atoms in total. The zero-order chi connectivity index (χ0) is 19.4. The van der Waals surface area contributed by atoms with E-state index in [1.165, 1.54) is 0 Å². The number of urea groups is 1. The molecule has 27 heavy (non-hydrogen) atoms. The average molecular weight is 385 g/mol. The Morgan fingerprint density at radius 2 is 1.59 bits per heavy atom. The van der Waals surface area contributed by atoms with Crippen LogP contribution in [0.4, 0.5) is 10.5 Å². The summed E-state index contributed by atoms with van der Waals surface area (Å²) in [6.45, 7) is 3.93. The first kappa shape index (κ1) is 19.1. The topological polar surface area (TPSA) is 69.7 Å². The monoisotopic (exact) mass is 385 g/mol. The van der Waals surface area contributed by atoms with Gasteiger partial charge in [-0.1, -0.05) is 12.1 Å². The third-order valence-electron chi connectivity index (χ3n) is 4.56. The maximum Gasteiger partial charge on any atom is 0.321 e. The number of rotatable bonds is 3. The van der Waals surface area contributed by atoms with E-state index in [0.717, 1.165) is 11.3 Å². The van der Waals surface area contributed by atoms with Crippen molar-refractivity contribution in [2.75, 3.05) is 37.8 Å². The molecule has 1 heterocycles. The Labute approximate surface area is 161 Å². The number of hydrogen-bond donors (Lipinski definition) is 1. The van der Waals surface area contributed by atoms with E-state index in [1.807, 2.05) is 31.2 Å². The highest BCUT2D eigenvalue weighted by molar-refractivity contribution is 7.84. The molecule has 0 aromatic heterocycles. The predicted molar refractivity (Wildman–Crippen MR) is 106 cm³/mol. The van der Waals surface area contributed by atoms with Crippen LogP contribution in [0.3, 0.4) is 0 Å². The number of carbonyl (C=O) groups excluding carboxylic acids is 2. The van der Waals surface area contributed by atoms with E-state index < -0.39 is 10.8 Å². The molecule has 1 atom stereocenters. The molecule has 0 radical (unpaired) electrons. The first-order chi connectivity index (χ1) is 12.9. The minimum absolute atomic E-state index is 0.0674. The number of piperazine rings is 1. The van der Waals surface area contributed by atoms with Crippen molar-refractivity contribution < 1.29 is 13.8 Å². The number of anilines is 1. The van der Waals surface area contributed by atoms with Crippen LogP contribution in [0, 0.1) is 6.92 Å². The van der Waals surface area contributed by atoms with Gasteiger partial charge in [-0.05, 0) is 48.9 Å². The van der Waals surface area contributed by atoms with Gasteiger partial charge in [-0.25, -0.2) is 4.79 Å². The molecule has 1 fully saturated rings. The van der Waals surface area contributed by atoms with Crippen molar-refractivity contribution in [3.63, 3.8) is 0 Å². The number of hydrogen-bond acceptors (Lipinski definition) is 3. The van der Waals surface area contributed by atoms with Crippen molar-refractivity contribution in [1.29, 1.82) is 0 Å². The lowest BCUT2D eigenvalue weighted by molar-refractivity contribution is 0.0671. The molecule has 3 amide bonds. The Balaban J connectivity index is 1.55. The van der Waals surface area contributed by atoms with Gasteiger partial charge in [-0.15, -0.1) is 0 Å². The van der Waals surface area contributed by atoms with Crippen LogP contribution < -0.4 is 5.32 Å². The third-order valence-corrected chi connectivity index (χ3v) is 5.49. The largest absolute Gasteiger partial charge is 0.335 e. The van der Waals surface area contributed by atoms with Crippen LogP contribution in [-0.2, 0) is 10.8 Å². The SMILES string of the molecule is Cc1cccc(NC(=O)N2CCN(C(=O)c3ccc(S(C)=O)cc3)CC2)c1. The lowest BCUT2D eigenvalue weighted by atomic mass is 10.2. The lowest BCUT2D eigenvalue weighted by Crippen LogP contribution is -2.51. The molecule has 3 rings (SSSR count). The molecule has 1 unspecified atom stereocenters. The molecule has 1 aliphatic rings. The van der Waals surface area contributed by atoms with Crippen molar-refractivity contribution in [1.82, 2.24) is 9.80 Å². The Morgan fingerprint density at radius 1 is 0.963 bits per heavy atom. The molecule has 0 spiro atoms. The van der Waals surface area contributed by atoms with Crippen molar-refractivity contribution in [3.8, 4) is 0 Å². The molecule has 1 saturated heterocycles. The Hall–Kier alpha value is -2.67. The summed E-state index contributed by atoms with van der Waals surface area (Å²) < 4.78 is 11.5. The molecule has 2 aromatic rings. The van der Waals surface area contributed by atoms with E-state index in [2.05, 4.69) is 5.32 Å². The van der Waals surface area contributed by atoms with Crippen LogP contribution >= 0.6 is 0 Å². The quantitative estimate of drug-likeness (QED) is 0.883. The van der Waals surface area contributed by atoms with Crippen LogP contribution in [-0.4, -0.2) is 58.4 Å². The van der Waals surface area contributed by atoms with Gasteiger partial charge in [0, 0.05) is 59.4 Å². The van der Waals surface area contributed by atoms with Crippen LogP contribution in [0.1, 0.15) is 15.9 Å². The maximum absolute atomic E-state index is 12.6. The number of nitrogens with zero attached hydrogens (tertiary/aromatic N) is 2. The zero-order valence-corrected chi connectivity index (χ0v) is 16.3. The second-order valence-electron chi connectivity index (χ2n) is 6.56. The number of carbonyl (C=O) groups is 2. The van der Waals surface area contributed by atoms with E-state index in [1.54, 1.807) is 40.3 Å². The van der Waals surface area contributed by atoms with Crippen LogP contribution in [0.25, 0.3) is 0 Å². The van der Waals surface area contributed by atoms with Crippen molar-refractivity contribution in [2.45, 2.75) is 11.8 Å². The second kappa shape index (κ2) is 8.35. The zero-order valence-electron chi connectivity index (χ0n) is 15.5. The van der Waals surface area contributed by atoms with Gasteiger partial charge in [-0.2, -0.15) is 0 Å². The normalized spacial score (nSPS) is 15.3. The van der Waals surface area contributed by atoms with E-state index in [-0.39, 0.29) is 11.9 Å². The van der Waals surface area contributed by atoms with Crippen molar-refractivity contribution in [3.05, 3.63) is 59.7 Å². The van der Waals surface area contributed by atoms with E-state index in [9.17, 15) is 13.8 Å². The van der Waals surface area contributed by atoms with Gasteiger partial charge in [-0.3, -0.25) is 9.00 Å². The van der Waals surface area contributed by atoms with Crippen LogP contribution in [0.5, 0.6) is 0 Å². The maximum atomic E-state index is 12.6. The Kier molecular flexibility index (Phi) is 5.91. The Morgan fingerprint density at radius 3 is 2.19 bits per heavy atom. The fourth-order valence-electron chi connectivity index (χ4n) is 3.01. The molecule has 142 valence electrons. The van der Waals surface area contributed by atoms with Gasteiger partial charge >= 0.3 is 6.03 Å². The first-order valence-electron chi connectivity index (χ1n) is 8.79. The summed E-state index contributed by atoms with van der Waals surface area (Å²) in [5.41, 5.74) is 2.43. The molecule has 7 heteroatoms. The van der Waals surface area contributed by atoms with E-state index in [4.69, 9.17) is 0 Å². The highest BCUT2D eigenvalue weighted by atomic mass is 32.2. The first-order valence-corrected chi connectivity index (χ1v) is 10.4. The summed E-state index contributed by atoms with van der Waals surface area (Å²) in [5, 5.41) is 2.90. The fourth-order valence-corrected chi connectivity index (χ4v) is 3.53. The van der Waals surface area contributed by atoms with Crippen molar-refractivity contribution in [2.24, 2.45) is 0 Å². The second-order valence-corrected chi connectivity index (χ2v) is 7.94. The molecule has 2 aromatic carbocycles. The summed E-state index contributed by atoms with van der Waals surface area (Å²) in [6.07, 6.45) is 1.61. The number of amides is 3. The molecule has 1 aliphatic heterocycles. The smallest absolute Gasteiger partial charge is 0.321 e. The third kappa shape index (κ3) is 4.74. The number of nitrogens with one attached hydrogen (secondary N) is 1. The lowest BCUT2D eigenvalue weighted by Gasteiger charge is -2.34. The molecule has 1 N–H and O–H groups in total. The van der Waals surface area contributed by atoms with Gasteiger partial charge in [0.05, 0.1) is 0 Å². The molecule has 0 saturated carbocycles. The van der Waals surface area contributed by atoms with Gasteiger partial charge < -0.3 is 15.1 Å². The summed E-state index contributed by atoms with van der Waals surface area (Å²) in [7, 11) is -1.06. The molecular formula is C20H23N3O3S. The van der Waals surface area contributed by atoms with Gasteiger partial charge in [0.2, 0.25) is 0 Å². The number of aryl methyl sites for hydroxylation is 1. The summed E-state index contributed by atoms with van der Waals surface area (Å²) in [6, 6.07) is 14.4. The van der Waals surface area contributed by atoms with Gasteiger partial charge in [0.1, 0.15) is 0 Å². The highest BCUT2D eigenvalue weighted by Gasteiger charge is 2.25. The summed E-state index contributed by atoms with van der Waals surface area (Å²) >= 11 is 0. The van der Waals surface area contributed by atoms with Gasteiger partial charge in [0.25, 0.3) is 5.91 Å². The summed E-state index contributed by atoms with van der Waals surface area (Å²) in [5.74, 6) is -0.0674. The molecular weight excluding hydrogens is 362 g/mol. The minimum atomic E-state index is -1.06.